The molecule has 0 saturated carbocycles. The molecule has 0 aromatic heterocycles. The molecule has 0 rings (SSSR count). The van der Waals surface area contributed by atoms with Gasteiger partial charge in [0.25, 0.3) is 0 Å². The third-order valence-corrected chi connectivity index (χ3v) is 2.73. The van der Waals surface area contributed by atoms with Gasteiger partial charge in [-0.25, -0.2) is 0 Å². The number of rotatable bonds is 9. The van der Waals surface area contributed by atoms with Crippen LogP contribution in [0.25, 0.3) is 0 Å². The summed E-state index contributed by atoms with van der Waals surface area (Å²) in [5, 5.41) is 0. The molecular weight excluding hydrogens is 207 g/mol. The molecule has 0 aliphatic rings. The Morgan fingerprint density at radius 3 is 2.29 bits per heavy atom. The van der Waals surface area contributed by atoms with Crippen LogP contribution in [0.1, 0.15) is 6.92 Å². The van der Waals surface area contributed by atoms with Crippen molar-refractivity contribution in [3.8, 4) is 0 Å². The van der Waals surface area contributed by atoms with Gasteiger partial charge in [-0.2, -0.15) is 0 Å². The zero-order chi connectivity index (χ0) is 10.9. The van der Waals surface area contributed by atoms with E-state index in [0.717, 1.165) is 0 Å². The second-order valence-corrected chi connectivity index (χ2v) is 4.69. The lowest BCUT2D eigenvalue weighted by molar-refractivity contribution is 0.0512. The SMILES string of the molecule is CCOP(C)(=O)OCCOCCOC. The summed E-state index contributed by atoms with van der Waals surface area (Å²) in [5.41, 5.74) is 0. The van der Waals surface area contributed by atoms with Crippen LogP contribution in [-0.2, 0) is 23.1 Å². The Morgan fingerprint density at radius 1 is 1.07 bits per heavy atom. The molecule has 6 heteroatoms. The van der Waals surface area contributed by atoms with Gasteiger partial charge in [-0.05, 0) is 6.92 Å². The number of ether oxygens (including phenoxy) is 2. The molecule has 0 bridgehead atoms. The lowest BCUT2D eigenvalue weighted by Gasteiger charge is -2.12. The van der Waals surface area contributed by atoms with E-state index < -0.39 is 7.60 Å². The molecule has 0 aliphatic carbocycles. The van der Waals surface area contributed by atoms with Gasteiger partial charge in [-0.3, -0.25) is 4.57 Å². The van der Waals surface area contributed by atoms with Crippen molar-refractivity contribution < 1.29 is 23.1 Å². The maximum Gasteiger partial charge on any atom is 0.327 e. The predicted octanol–water partition coefficient (Wildman–Crippen LogP) is 1.53. The maximum absolute atomic E-state index is 11.4. The van der Waals surface area contributed by atoms with E-state index in [-0.39, 0.29) is 6.61 Å². The Balaban J connectivity index is 3.30. The van der Waals surface area contributed by atoms with Gasteiger partial charge < -0.3 is 18.5 Å². The summed E-state index contributed by atoms with van der Waals surface area (Å²) in [6, 6.07) is 0. The van der Waals surface area contributed by atoms with Crippen molar-refractivity contribution >= 4 is 7.60 Å². The molecule has 0 fully saturated rings. The first kappa shape index (κ1) is 14.1. The molecule has 5 nitrogen and oxygen atoms in total. The van der Waals surface area contributed by atoms with Gasteiger partial charge in [-0.1, -0.05) is 0 Å². The largest absolute Gasteiger partial charge is 0.382 e. The molecule has 0 aliphatic heterocycles. The summed E-state index contributed by atoms with van der Waals surface area (Å²) in [4.78, 5) is 0. The predicted molar refractivity (Wildman–Crippen MR) is 53.8 cm³/mol. The lowest BCUT2D eigenvalue weighted by atomic mass is 10.7. The minimum Gasteiger partial charge on any atom is -0.382 e. The van der Waals surface area contributed by atoms with Crippen molar-refractivity contribution in [1.82, 2.24) is 0 Å². The Labute approximate surface area is 85.2 Å². The molecule has 0 aromatic carbocycles. The van der Waals surface area contributed by atoms with E-state index in [2.05, 4.69) is 0 Å². The van der Waals surface area contributed by atoms with Gasteiger partial charge in [0.2, 0.25) is 0 Å². The molecule has 0 heterocycles. The molecule has 0 N–H and O–H groups in total. The molecule has 14 heavy (non-hydrogen) atoms. The van der Waals surface area contributed by atoms with Crippen LogP contribution >= 0.6 is 7.60 Å². The second kappa shape index (κ2) is 8.38. The van der Waals surface area contributed by atoms with Crippen LogP contribution in [0.5, 0.6) is 0 Å². The minimum absolute atomic E-state index is 0.275. The van der Waals surface area contributed by atoms with Crippen molar-refractivity contribution in [2.45, 2.75) is 6.92 Å². The highest BCUT2D eigenvalue weighted by Crippen LogP contribution is 2.43. The molecule has 0 radical (unpaired) electrons. The summed E-state index contributed by atoms with van der Waals surface area (Å²) < 4.78 is 31.2. The highest BCUT2D eigenvalue weighted by molar-refractivity contribution is 7.52. The smallest absolute Gasteiger partial charge is 0.327 e. The van der Waals surface area contributed by atoms with Crippen molar-refractivity contribution in [3.63, 3.8) is 0 Å². The van der Waals surface area contributed by atoms with Gasteiger partial charge in [0, 0.05) is 13.8 Å². The summed E-state index contributed by atoms with van der Waals surface area (Å²) in [6.45, 7) is 5.35. The van der Waals surface area contributed by atoms with Crippen LogP contribution in [0.4, 0.5) is 0 Å². The first-order valence-corrected chi connectivity index (χ1v) is 6.54. The molecule has 1 unspecified atom stereocenters. The number of hydrogen-bond acceptors (Lipinski definition) is 5. The van der Waals surface area contributed by atoms with Crippen molar-refractivity contribution in [2.75, 3.05) is 46.8 Å². The summed E-state index contributed by atoms with van der Waals surface area (Å²) in [7, 11) is -1.25. The van der Waals surface area contributed by atoms with E-state index in [1.54, 1.807) is 14.0 Å². The lowest BCUT2D eigenvalue weighted by Crippen LogP contribution is -2.08. The third kappa shape index (κ3) is 8.66. The van der Waals surface area contributed by atoms with Gasteiger partial charge in [0.1, 0.15) is 0 Å². The van der Waals surface area contributed by atoms with Crippen LogP contribution in [0.3, 0.4) is 0 Å². The number of hydrogen-bond donors (Lipinski definition) is 0. The van der Waals surface area contributed by atoms with Crippen LogP contribution in [0.2, 0.25) is 0 Å². The zero-order valence-corrected chi connectivity index (χ0v) is 9.92. The standard InChI is InChI=1S/C8H19O5P/c1-4-12-14(3,9)13-8-7-11-6-5-10-2/h4-8H2,1-3H3. The highest BCUT2D eigenvalue weighted by Gasteiger charge is 2.14. The molecule has 0 saturated heterocycles. The first-order valence-electron chi connectivity index (χ1n) is 4.55. The topological polar surface area (TPSA) is 54.0 Å². The van der Waals surface area contributed by atoms with E-state index in [1.165, 1.54) is 6.66 Å². The maximum atomic E-state index is 11.4. The number of methoxy groups -OCH3 is 1. The fourth-order valence-corrected chi connectivity index (χ4v) is 1.73. The van der Waals surface area contributed by atoms with Crippen molar-refractivity contribution in [1.29, 1.82) is 0 Å². The molecule has 0 aromatic rings. The van der Waals surface area contributed by atoms with Crippen molar-refractivity contribution in [2.24, 2.45) is 0 Å². The monoisotopic (exact) mass is 226 g/mol. The second-order valence-electron chi connectivity index (χ2n) is 2.63. The van der Waals surface area contributed by atoms with Crippen molar-refractivity contribution in [3.05, 3.63) is 0 Å². The average molecular weight is 226 g/mol. The fourth-order valence-electron chi connectivity index (χ4n) is 0.778. The first-order chi connectivity index (χ1) is 6.62. The highest BCUT2D eigenvalue weighted by atomic mass is 31.2. The zero-order valence-electron chi connectivity index (χ0n) is 9.02. The molecule has 0 amide bonds. The van der Waals surface area contributed by atoms with Crippen LogP contribution in [0, 0.1) is 0 Å². The fraction of sp³-hybridized carbons (Fsp3) is 1.00. The van der Waals surface area contributed by atoms with Gasteiger partial charge in [0.05, 0.1) is 33.0 Å². The van der Waals surface area contributed by atoms with Gasteiger partial charge >= 0.3 is 7.60 Å². The Kier molecular flexibility index (Phi) is 8.43. The van der Waals surface area contributed by atoms with E-state index in [0.29, 0.717) is 26.4 Å². The molecule has 86 valence electrons. The van der Waals surface area contributed by atoms with E-state index in [4.69, 9.17) is 18.5 Å². The van der Waals surface area contributed by atoms with Gasteiger partial charge in [-0.15, -0.1) is 0 Å². The molecular formula is C8H19O5P. The average Bonchev–Trinajstić information content (AvgIpc) is 2.11. The van der Waals surface area contributed by atoms with E-state index in [9.17, 15) is 4.57 Å². The van der Waals surface area contributed by atoms with Crippen LogP contribution in [0.15, 0.2) is 0 Å². The normalized spacial score (nSPS) is 15.4. The Hall–Kier alpha value is 0.0700. The van der Waals surface area contributed by atoms with E-state index in [1.807, 2.05) is 0 Å². The minimum atomic E-state index is -2.86. The van der Waals surface area contributed by atoms with Gasteiger partial charge in [0.15, 0.2) is 0 Å². The van der Waals surface area contributed by atoms with Crippen LogP contribution in [-0.4, -0.2) is 46.8 Å². The van der Waals surface area contributed by atoms with E-state index >= 15 is 0 Å². The summed E-state index contributed by atoms with van der Waals surface area (Å²) in [5.74, 6) is 0. The summed E-state index contributed by atoms with van der Waals surface area (Å²) >= 11 is 0. The molecule has 1 atom stereocenters. The van der Waals surface area contributed by atoms with Crippen LogP contribution < -0.4 is 0 Å². The summed E-state index contributed by atoms with van der Waals surface area (Å²) in [6.07, 6.45) is 0. The Morgan fingerprint density at radius 2 is 1.71 bits per heavy atom. The quantitative estimate of drug-likeness (QED) is 0.440. The molecule has 0 spiro atoms. The third-order valence-electron chi connectivity index (χ3n) is 1.35. The Bertz CT molecular complexity index is 173.